The molecule has 1 fully saturated rings. The summed E-state index contributed by atoms with van der Waals surface area (Å²) in [5.41, 5.74) is 0.889. The molecule has 0 spiro atoms. The van der Waals surface area contributed by atoms with Gasteiger partial charge in [-0.15, -0.1) is 0 Å². The van der Waals surface area contributed by atoms with E-state index in [1.807, 2.05) is 44.2 Å². The van der Waals surface area contributed by atoms with Gasteiger partial charge < -0.3 is 15.2 Å². The number of aromatic nitrogens is 2. The van der Waals surface area contributed by atoms with E-state index >= 15 is 0 Å². The normalized spacial score (nSPS) is 14.8. The van der Waals surface area contributed by atoms with Gasteiger partial charge in [0.25, 0.3) is 5.91 Å². The minimum atomic E-state index is -1.03. The van der Waals surface area contributed by atoms with Crippen LogP contribution < -0.4 is 10.1 Å². The number of nitrogens with zero attached hydrogens (tertiary/aromatic N) is 2. The first-order valence-corrected chi connectivity index (χ1v) is 9.25. The molecule has 7 nitrogen and oxygen atoms in total. The number of para-hydroxylation sites is 1. The van der Waals surface area contributed by atoms with E-state index in [9.17, 15) is 14.7 Å². The summed E-state index contributed by atoms with van der Waals surface area (Å²) in [6.45, 7) is 4.46. The van der Waals surface area contributed by atoms with Crippen LogP contribution in [-0.4, -0.2) is 39.4 Å². The molecule has 1 aromatic heterocycles. The lowest BCUT2D eigenvalue weighted by Crippen LogP contribution is -2.41. The van der Waals surface area contributed by atoms with Gasteiger partial charge in [0, 0.05) is 0 Å². The lowest BCUT2D eigenvalue weighted by Gasteiger charge is -2.14. The zero-order valence-corrected chi connectivity index (χ0v) is 15.6. The van der Waals surface area contributed by atoms with Crippen molar-refractivity contribution in [3.8, 4) is 11.4 Å². The highest BCUT2D eigenvalue weighted by Crippen LogP contribution is 2.33. The van der Waals surface area contributed by atoms with Crippen molar-refractivity contribution >= 4 is 11.9 Å². The van der Waals surface area contributed by atoms with Crippen molar-refractivity contribution in [3.05, 3.63) is 42.2 Å². The van der Waals surface area contributed by atoms with Gasteiger partial charge in [-0.25, -0.2) is 9.48 Å². The van der Waals surface area contributed by atoms with E-state index < -0.39 is 17.9 Å². The molecule has 1 aliphatic carbocycles. The van der Waals surface area contributed by atoms with Crippen molar-refractivity contribution in [2.75, 3.05) is 6.61 Å². The van der Waals surface area contributed by atoms with Crippen molar-refractivity contribution in [1.29, 1.82) is 0 Å². The molecule has 1 saturated carbocycles. The highest BCUT2D eigenvalue weighted by molar-refractivity contribution is 5.97. The van der Waals surface area contributed by atoms with E-state index in [-0.39, 0.29) is 11.6 Å². The Balaban J connectivity index is 1.83. The van der Waals surface area contributed by atoms with Crippen LogP contribution in [0.5, 0.6) is 5.75 Å². The van der Waals surface area contributed by atoms with Gasteiger partial charge in [0.2, 0.25) is 0 Å². The van der Waals surface area contributed by atoms with Gasteiger partial charge in [0.15, 0.2) is 11.4 Å². The second-order valence-corrected chi connectivity index (χ2v) is 7.37. The van der Waals surface area contributed by atoms with Crippen LogP contribution in [0.15, 0.2) is 36.5 Å². The summed E-state index contributed by atoms with van der Waals surface area (Å²) in [6.07, 6.45) is 4.14. The molecule has 1 aliphatic rings. The summed E-state index contributed by atoms with van der Waals surface area (Å²) in [7, 11) is 0. The van der Waals surface area contributed by atoms with Crippen LogP contribution in [0.3, 0.4) is 0 Å². The molecule has 2 N–H and O–H groups in total. The van der Waals surface area contributed by atoms with Crippen LogP contribution in [0.4, 0.5) is 0 Å². The first-order valence-electron chi connectivity index (χ1n) is 9.25. The Morgan fingerprint density at radius 2 is 2.00 bits per heavy atom. The van der Waals surface area contributed by atoms with Gasteiger partial charge in [-0.3, -0.25) is 4.79 Å². The minimum absolute atomic E-state index is 0.0987. The van der Waals surface area contributed by atoms with Crippen LogP contribution >= 0.6 is 0 Å². The number of carbonyl (C=O) groups is 2. The van der Waals surface area contributed by atoms with Crippen LogP contribution in [-0.2, 0) is 4.79 Å². The molecule has 2 aromatic rings. The van der Waals surface area contributed by atoms with Crippen molar-refractivity contribution in [2.45, 2.75) is 39.2 Å². The van der Waals surface area contributed by atoms with E-state index in [0.717, 1.165) is 18.5 Å². The molecule has 1 unspecified atom stereocenters. The molecule has 0 radical (unpaired) electrons. The molecule has 7 heteroatoms. The number of amides is 1. The number of benzene rings is 1. The molecule has 1 amide bonds. The van der Waals surface area contributed by atoms with Crippen molar-refractivity contribution < 1.29 is 19.4 Å². The highest BCUT2D eigenvalue weighted by atomic mass is 16.5. The molecule has 0 saturated heterocycles. The Kier molecular flexibility index (Phi) is 5.78. The van der Waals surface area contributed by atoms with Crippen LogP contribution in [0, 0.1) is 11.8 Å². The van der Waals surface area contributed by atoms with E-state index in [2.05, 4.69) is 10.4 Å². The minimum Gasteiger partial charge on any atom is -0.489 e. The summed E-state index contributed by atoms with van der Waals surface area (Å²) in [6, 6.07) is 8.47. The monoisotopic (exact) mass is 371 g/mol. The summed E-state index contributed by atoms with van der Waals surface area (Å²) < 4.78 is 7.34. The standard InChI is InChI=1S/C20H25N3O4/c1-13(2)12-27-17-11-23(15-6-4-3-5-7-15)22-18(17)19(24)21-16(20(25)26)10-14-8-9-14/h3-7,11,13-14,16H,8-10,12H2,1-2H3,(H,21,24)(H,25,26). The Hall–Kier alpha value is -2.83. The van der Waals surface area contributed by atoms with Gasteiger partial charge in [0.05, 0.1) is 18.5 Å². The predicted octanol–water partition coefficient (Wildman–Crippen LogP) is 2.89. The van der Waals surface area contributed by atoms with Gasteiger partial charge in [-0.2, -0.15) is 5.10 Å². The Bertz CT molecular complexity index is 797. The number of hydrogen-bond donors (Lipinski definition) is 2. The third kappa shape index (κ3) is 5.09. The topological polar surface area (TPSA) is 93.5 Å². The quantitative estimate of drug-likeness (QED) is 0.707. The number of carboxylic acid groups (broad SMARTS) is 1. The van der Waals surface area contributed by atoms with E-state index in [1.165, 1.54) is 0 Å². The molecule has 1 atom stereocenters. The Morgan fingerprint density at radius 3 is 2.59 bits per heavy atom. The molecule has 27 heavy (non-hydrogen) atoms. The van der Waals surface area contributed by atoms with Gasteiger partial charge >= 0.3 is 5.97 Å². The molecule has 144 valence electrons. The van der Waals surface area contributed by atoms with Crippen LogP contribution in [0.25, 0.3) is 5.69 Å². The van der Waals surface area contributed by atoms with Crippen LogP contribution in [0.2, 0.25) is 0 Å². The fourth-order valence-corrected chi connectivity index (χ4v) is 2.73. The fraction of sp³-hybridized carbons (Fsp3) is 0.450. The summed E-state index contributed by atoms with van der Waals surface area (Å²) >= 11 is 0. The number of hydrogen-bond acceptors (Lipinski definition) is 4. The SMILES string of the molecule is CC(C)COc1cn(-c2ccccc2)nc1C(=O)NC(CC1CC1)C(=O)O. The predicted molar refractivity (Wildman–Crippen MR) is 100 cm³/mol. The third-order valence-electron chi connectivity index (χ3n) is 4.36. The molecule has 3 rings (SSSR count). The molecular weight excluding hydrogens is 346 g/mol. The third-order valence-corrected chi connectivity index (χ3v) is 4.36. The highest BCUT2D eigenvalue weighted by Gasteiger charge is 2.31. The zero-order chi connectivity index (χ0) is 19.4. The Morgan fingerprint density at radius 1 is 1.30 bits per heavy atom. The molecular formula is C20H25N3O4. The summed E-state index contributed by atoms with van der Waals surface area (Å²) in [5.74, 6) is -0.549. The second kappa shape index (κ2) is 8.24. The maximum atomic E-state index is 12.7. The number of aliphatic carboxylic acids is 1. The second-order valence-electron chi connectivity index (χ2n) is 7.37. The van der Waals surface area contributed by atoms with Crippen molar-refractivity contribution in [3.63, 3.8) is 0 Å². The van der Waals surface area contributed by atoms with Gasteiger partial charge in [-0.1, -0.05) is 44.9 Å². The first kappa shape index (κ1) is 18.9. The molecule has 1 aromatic carbocycles. The maximum absolute atomic E-state index is 12.7. The van der Waals surface area contributed by atoms with E-state index in [0.29, 0.717) is 24.7 Å². The molecule has 1 heterocycles. The fourth-order valence-electron chi connectivity index (χ4n) is 2.73. The smallest absolute Gasteiger partial charge is 0.326 e. The Labute approximate surface area is 158 Å². The number of ether oxygens (including phenoxy) is 1. The maximum Gasteiger partial charge on any atom is 0.326 e. The summed E-state index contributed by atoms with van der Waals surface area (Å²) in [4.78, 5) is 24.2. The van der Waals surface area contributed by atoms with E-state index in [1.54, 1.807) is 10.9 Å². The van der Waals surface area contributed by atoms with Gasteiger partial charge in [0.1, 0.15) is 6.04 Å². The zero-order valence-electron chi connectivity index (χ0n) is 15.6. The lowest BCUT2D eigenvalue weighted by molar-refractivity contribution is -0.139. The number of carboxylic acids is 1. The largest absolute Gasteiger partial charge is 0.489 e. The lowest BCUT2D eigenvalue weighted by atomic mass is 10.1. The molecule has 0 bridgehead atoms. The van der Waals surface area contributed by atoms with Crippen molar-refractivity contribution in [1.82, 2.24) is 15.1 Å². The average molecular weight is 371 g/mol. The average Bonchev–Trinajstić information content (AvgIpc) is 3.35. The van der Waals surface area contributed by atoms with Gasteiger partial charge in [-0.05, 0) is 30.4 Å². The first-order chi connectivity index (χ1) is 12.9. The van der Waals surface area contributed by atoms with Crippen molar-refractivity contribution in [2.24, 2.45) is 11.8 Å². The molecule has 0 aliphatic heterocycles. The number of carbonyl (C=O) groups excluding carboxylic acids is 1. The number of rotatable bonds is 9. The van der Waals surface area contributed by atoms with E-state index in [4.69, 9.17) is 4.74 Å². The summed E-state index contributed by atoms with van der Waals surface area (Å²) in [5, 5.41) is 16.4. The number of nitrogens with one attached hydrogen (secondary N) is 1. The van der Waals surface area contributed by atoms with Crippen LogP contribution in [0.1, 0.15) is 43.6 Å².